The highest BCUT2D eigenvalue weighted by molar-refractivity contribution is 7.13. The highest BCUT2D eigenvalue weighted by atomic mass is 32.1. The fourth-order valence-electron chi connectivity index (χ4n) is 4.08. The Balaban J connectivity index is 1.38. The van der Waals surface area contributed by atoms with Crippen LogP contribution in [0.15, 0.2) is 48.2 Å². The van der Waals surface area contributed by atoms with E-state index < -0.39 is 5.60 Å². The number of thiazole rings is 1. The molecule has 2 unspecified atom stereocenters. The summed E-state index contributed by atoms with van der Waals surface area (Å²) in [5, 5.41) is 21.1. The lowest BCUT2D eigenvalue weighted by Gasteiger charge is -2.21. The summed E-state index contributed by atoms with van der Waals surface area (Å²) in [6.07, 6.45) is 5.39. The summed E-state index contributed by atoms with van der Waals surface area (Å²) in [6.45, 7) is 2.53. The maximum absolute atomic E-state index is 12.5. The zero-order valence-electron chi connectivity index (χ0n) is 19.0. The number of likely N-dealkylation sites (tertiary alicyclic amines) is 1. The SMILES string of the molecule is CC(Nc1nccc(-c2nc(-c3cc(C4(O)CCN(C)C4=O)ccn3)cs2)n1)c1ccnn1C. The molecule has 34 heavy (non-hydrogen) atoms. The lowest BCUT2D eigenvalue weighted by Crippen LogP contribution is -2.36. The fourth-order valence-corrected chi connectivity index (χ4v) is 4.86. The highest BCUT2D eigenvalue weighted by Gasteiger charge is 2.45. The molecule has 10 nitrogen and oxygen atoms in total. The number of rotatable bonds is 6. The van der Waals surface area contributed by atoms with Crippen LogP contribution < -0.4 is 5.32 Å². The first-order chi connectivity index (χ1) is 16.3. The Labute approximate surface area is 200 Å². The van der Waals surface area contributed by atoms with Gasteiger partial charge in [-0.25, -0.2) is 15.0 Å². The third-order valence-corrected chi connectivity index (χ3v) is 6.90. The van der Waals surface area contributed by atoms with Gasteiger partial charge >= 0.3 is 0 Å². The lowest BCUT2D eigenvalue weighted by molar-refractivity contribution is -0.143. The standard InChI is InChI=1S/C23H24N8O2S/c1-14(19-6-10-26-31(19)3)27-22-25-9-5-16(29-22)20-28-18(13-34-20)17-12-15(4-8-24-17)23(33)7-11-30(2)21(23)32/h4-6,8-10,12-14,33H,7,11H2,1-3H3,(H,25,27,29). The van der Waals surface area contributed by atoms with Crippen molar-refractivity contribution in [3.8, 4) is 22.1 Å². The van der Waals surface area contributed by atoms with E-state index in [0.717, 1.165) is 10.7 Å². The molecule has 1 fully saturated rings. The number of carbonyl (C=O) groups is 1. The van der Waals surface area contributed by atoms with Crippen molar-refractivity contribution in [3.63, 3.8) is 0 Å². The second kappa shape index (κ2) is 8.58. The molecule has 2 atom stereocenters. The van der Waals surface area contributed by atoms with Gasteiger partial charge in [0.2, 0.25) is 5.95 Å². The van der Waals surface area contributed by atoms with Crippen LogP contribution in [0, 0.1) is 0 Å². The van der Waals surface area contributed by atoms with Gasteiger partial charge in [0, 0.05) is 51.0 Å². The minimum Gasteiger partial charge on any atom is -0.375 e. The van der Waals surface area contributed by atoms with E-state index in [0.29, 0.717) is 41.6 Å². The van der Waals surface area contributed by atoms with Gasteiger partial charge in [-0.05, 0) is 36.8 Å². The van der Waals surface area contributed by atoms with Crippen LogP contribution in [0.2, 0.25) is 0 Å². The molecule has 5 heterocycles. The van der Waals surface area contributed by atoms with Crippen molar-refractivity contribution < 1.29 is 9.90 Å². The average Bonchev–Trinajstić information content (AvgIpc) is 3.57. The van der Waals surface area contributed by atoms with Gasteiger partial charge in [0.05, 0.1) is 17.4 Å². The van der Waals surface area contributed by atoms with E-state index >= 15 is 0 Å². The zero-order chi connectivity index (χ0) is 23.9. The van der Waals surface area contributed by atoms with Crippen LogP contribution in [0.4, 0.5) is 5.95 Å². The van der Waals surface area contributed by atoms with E-state index in [-0.39, 0.29) is 11.9 Å². The van der Waals surface area contributed by atoms with Gasteiger partial charge < -0.3 is 15.3 Å². The summed E-state index contributed by atoms with van der Waals surface area (Å²) >= 11 is 1.44. The zero-order valence-corrected chi connectivity index (χ0v) is 19.8. The van der Waals surface area contributed by atoms with E-state index in [1.807, 2.05) is 36.2 Å². The number of amides is 1. The van der Waals surface area contributed by atoms with E-state index in [9.17, 15) is 9.90 Å². The van der Waals surface area contributed by atoms with Gasteiger partial charge in [0.25, 0.3) is 5.91 Å². The monoisotopic (exact) mass is 476 g/mol. The summed E-state index contributed by atoms with van der Waals surface area (Å²) in [7, 11) is 3.59. The first-order valence-electron chi connectivity index (χ1n) is 10.8. The smallest absolute Gasteiger partial charge is 0.258 e. The van der Waals surface area contributed by atoms with Crippen LogP contribution >= 0.6 is 11.3 Å². The molecule has 4 aromatic rings. The number of anilines is 1. The van der Waals surface area contributed by atoms with Crippen molar-refractivity contribution >= 4 is 23.2 Å². The van der Waals surface area contributed by atoms with E-state index in [4.69, 9.17) is 4.98 Å². The molecule has 0 aromatic carbocycles. The molecule has 11 heteroatoms. The number of nitrogens with one attached hydrogen (secondary N) is 1. The van der Waals surface area contributed by atoms with Crippen LogP contribution in [0.3, 0.4) is 0 Å². The van der Waals surface area contributed by atoms with E-state index in [1.54, 1.807) is 37.8 Å². The molecule has 4 aromatic heterocycles. The molecule has 1 aliphatic heterocycles. The molecule has 1 aliphatic rings. The molecule has 1 amide bonds. The number of hydrogen-bond donors (Lipinski definition) is 2. The normalized spacial score (nSPS) is 18.9. The molecular weight excluding hydrogens is 452 g/mol. The number of pyridine rings is 1. The van der Waals surface area contributed by atoms with Crippen LogP contribution in [0.1, 0.15) is 30.6 Å². The molecule has 0 spiro atoms. The molecular formula is C23H24N8O2S. The second-order valence-corrected chi connectivity index (χ2v) is 9.17. The maximum atomic E-state index is 12.5. The molecule has 5 rings (SSSR count). The van der Waals surface area contributed by atoms with Crippen LogP contribution in [0.5, 0.6) is 0 Å². The van der Waals surface area contributed by atoms with Crippen LogP contribution in [-0.4, -0.2) is 59.2 Å². The third-order valence-electron chi connectivity index (χ3n) is 6.04. The minimum atomic E-state index is -1.52. The predicted octanol–water partition coefficient (Wildman–Crippen LogP) is 2.62. The predicted molar refractivity (Wildman–Crippen MR) is 128 cm³/mol. The number of nitrogens with zero attached hydrogens (tertiary/aromatic N) is 7. The van der Waals surface area contributed by atoms with Gasteiger partial charge in [-0.15, -0.1) is 11.3 Å². The van der Waals surface area contributed by atoms with Crippen LogP contribution in [-0.2, 0) is 17.4 Å². The van der Waals surface area contributed by atoms with Gasteiger partial charge in [-0.3, -0.25) is 14.5 Å². The Hall–Kier alpha value is -3.70. The number of hydrogen-bond acceptors (Lipinski definition) is 9. The summed E-state index contributed by atoms with van der Waals surface area (Å²) in [5.41, 5.74) is 1.95. The Morgan fingerprint density at radius 3 is 2.65 bits per heavy atom. The summed E-state index contributed by atoms with van der Waals surface area (Å²) in [6, 6.07) is 7.15. The van der Waals surface area contributed by atoms with Gasteiger partial charge in [0.1, 0.15) is 16.4 Å². The Morgan fingerprint density at radius 1 is 1.09 bits per heavy atom. The first-order valence-corrected chi connectivity index (χ1v) is 11.7. The first kappa shape index (κ1) is 22.1. The number of aliphatic hydroxyl groups is 1. The Kier molecular flexibility index (Phi) is 5.58. The van der Waals surface area contributed by atoms with Crippen molar-refractivity contribution in [1.82, 2.24) is 34.6 Å². The molecule has 0 aliphatic carbocycles. The minimum absolute atomic E-state index is 0.0234. The summed E-state index contributed by atoms with van der Waals surface area (Å²) in [4.78, 5) is 32.1. The number of aryl methyl sites for hydroxylation is 1. The molecule has 1 saturated heterocycles. The van der Waals surface area contributed by atoms with E-state index in [2.05, 4.69) is 25.4 Å². The molecule has 174 valence electrons. The molecule has 0 radical (unpaired) electrons. The van der Waals surface area contributed by atoms with Gasteiger partial charge in [-0.2, -0.15) is 5.10 Å². The average molecular weight is 477 g/mol. The van der Waals surface area contributed by atoms with E-state index in [1.165, 1.54) is 16.2 Å². The maximum Gasteiger partial charge on any atom is 0.258 e. The van der Waals surface area contributed by atoms with Crippen molar-refractivity contribution in [3.05, 3.63) is 59.5 Å². The Bertz CT molecular complexity index is 1350. The van der Waals surface area contributed by atoms with Crippen molar-refractivity contribution in [1.29, 1.82) is 0 Å². The van der Waals surface area contributed by atoms with Gasteiger partial charge in [-0.1, -0.05) is 0 Å². The van der Waals surface area contributed by atoms with Gasteiger partial charge in [0.15, 0.2) is 5.60 Å². The summed E-state index contributed by atoms with van der Waals surface area (Å²) in [5.74, 6) is 0.194. The van der Waals surface area contributed by atoms with Crippen molar-refractivity contribution in [2.24, 2.45) is 7.05 Å². The largest absolute Gasteiger partial charge is 0.375 e. The third kappa shape index (κ3) is 3.93. The van der Waals surface area contributed by atoms with Crippen LogP contribution in [0.25, 0.3) is 22.1 Å². The second-order valence-electron chi connectivity index (χ2n) is 8.32. The summed E-state index contributed by atoms with van der Waals surface area (Å²) < 4.78 is 1.81. The highest BCUT2D eigenvalue weighted by Crippen LogP contribution is 2.35. The Morgan fingerprint density at radius 2 is 1.91 bits per heavy atom. The van der Waals surface area contributed by atoms with Crippen molar-refractivity contribution in [2.75, 3.05) is 18.9 Å². The fraction of sp³-hybridized carbons (Fsp3) is 0.304. The van der Waals surface area contributed by atoms with Crippen molar-refractivity contribution in [2.45, 2.75) is 25.0 Å². The number of carbonyl (C=O) groups excluding carboxylic acids is 1. The molecule has 2 N–H and O–H groups in total. The topological polar surface area (TPSA) is 122 Å². The lowest BCUT2D eigenvalue weighted by atomic mass is 9.92. The number of likely N-dealkylation sites (N-methyl/N-ethyl adjacent to an activating group) is 1. The molecule has 0 saturated carbocycles. The number of aromatic nitrogens is 6. The quantitative estimate of drug-likeness (QED) is 0.436. The molecule has 0 bridgehead atoms.